The van der Waals surface area contributed by atoms with Crippen LogP contribution in [0.15, 0.2) is 78.5 Å². The molecule has 7 nitrogen and oxygen atoms in total. The number of carbonyl (C=O) groups is 2. The van der Waals surface area contributed by atoms with Gasteiger partial charge in [-0.15, -0.1) is 0 Å². The lowest BCUT2D eigenvalue weighted by Gasteiger charge is -2.25. The normalized spacial score (nSPS) is 17.1. The maximum Gasteiger partial charge on any atom is 0.300 e. The number of ketones is 1. The van der Waals surface area contributed by atoms with E-state index >= 15 is 0 Å². The highest BCUT2D eigenvalue weighted by atomic mass is 16.5. The molecule has 0 saturated carbocycles. The van der Waals surface area contributed by atoms with Crippen molar-refractivity contribution in [2.45, 2.75) is 25.8 Å². The Balaban J connectivity index is 1.74. The van der Waals surface area contributed by atoms with Crippen LogP contribution in [0.3, 0.4) is 0 Å². The summed E-state index contributed by atoms with van der Waals surface area (Å²) < 4.78 is 10.7. The number of Topliss-reactive ketones (excluding diaryl/α,β-unsaturated/α-hetero) is 1. The number of methoxy groups -OCH3 is 2. The Labute approximate surface area is 214 Å². The van der Waals surface area contributed by atoms with Gasteiger partial charge in [0.2, 0.25) is 0 Å². The van der Waals surface area contributed by atoms with Crippen molar-refractivity contribution in [3.63, 3.8) is 0 Å². The van der Waals surface area contributed by atoms with Crippen LogP contribution in [-0.2, 0) is 9.59 Å². The predicted octanol–water partition coefficient (Wildman–Crippen LogP) is 5.93. The molecule has 1 fully saturated rings. The second kappa shape index (κ2) is 9.50. The molecule has 1 aromatic heterocycles. The summed E-state index contributed by atoms with van der Waals surface area (Å²) in [5.74, 6) is -0.536. The number of aliphatic hydroxyl groups excluding tert-OH is 1. The molecule has 37 heavy (non-hydrogen) atoms. The van der Waals surface area contributed by atoms with Gasteiger partial charge in [-0.3, -0.25) is 14.5 Å². The quantitative estimate of drug-likeness (QED) is 0.196. The summed E-state index contributed by atoms with van der Waals surface area (Å²) in [4.78, 5) is 31.7. The van der Waals surface area contributed by atoms with Crippen molar-refractivity contribution in [1.29, 1.82) is 0 Å². The third-order valence-corrected chi connectivity index (χ3v) is 6.86. The van der Waals surface area contributed by atoms with E-state index in [1.54, 1.807) is 24.4 Å². The van der Waals surface area contributed by atoms with Crippen molar-refractivity contribution >= 4 is 34.0 Å². The highest BCUT2D eigenvalue weighted by molar-refractivity contribution is 6.51. The molecular formula is C30H28N2O5. The molecule has 4 aromatic rings. The maximum absolute atomic E-state index is 13.5. The number of hydrogen-bond donors (Lipinski definition) is 2. The van der Waals surface area contributed by atoms with Crippen molar-refractivity contribution in [1.82, 2.24) is 4.98 Å². The zero-order valence-corrected chi connectivity index (χ0v) is 21.1. The summed E-state index contributed by atoms with van der Waals surface area (Å²) >= 11 is 0. The number of para-hydroxylation sites is 1. The van der Waals surface area contributed by atoms with Crippen LogP contribution < -0.4 is 14.4 Å². The third-order valence-electron chi connectivity index (χ3n) is 6.86. The lowest BCUT2D eigenvalue weighted by molar-refractivity contribution is -0.132. The van der Waals surface area contributed by atoms with Gasteiger partial charge in [0.05, 0.1) is 25.8 Å². The van der Waals surface area contributed by atoms with E-state index in [1.807, 2.05) is 48.5 Å². The number of carbonyl (C=O) groups excluding carboxylic acids is 2. The zero-order valence-electron chi connectivity index (χ0n) is 21.1. The van der Waals surface area contributed by atoms with E-state index in [2.05, 4.69) is 18.8 Å². The van der Waals surface area contributed by atoms with Crippen LogP contribution in [0, 0.1) is 0 Å². The number of ether oxygens (including phenoxy) is 2. The number of nitrogens with zero attached hydrogens (tertiary/aromatic N) is 1. The topological polar surface area (TPSA) is 91.9 Å². The van der Waals surface area contributed by atoms with Crippen molar-refractivity contribution < 1.29 is 24.2 Å². The number of aliphatic hydroxyl groups is 1. The number of aromatic nitrogens is 1. The molecule has 1 amide bonds. The summed E-state index contributed by atoms with van der Waals surface area (Å²) in [5, 5.41) is 12.3. The molecule has 0 bridgehead atoms. The highest BCUT2D eigenvalue weighted by Gasteiger charge is 2.47. The monoisotopic (exact) mass is 496 g/mol. The predicted molar refractivity (Wildman–Crippen MR) is 143 cm³/mol. The average molecular weight is 497 g/mol. The van der Waals surface area contributed by atoms with Crippen LogP contribution in [0.25, 0.3) is 16.7 Å². The Morgan fingerprint density at radius 1 is 0.946 bits per heavy atom. The molecule has 1 aliphatic rings. The molecule has 7 heteroatoms. The van der Waals surface area contributed by atoms with Gasteiger partial charge in [-0.1, -0.05) is 44.2 Å². The Morgan fingerprint density at radius 2 is 1.65 bits per heavy atom. The molecule has 1 saturated heterocycles. The molecule has 1 aliphatic heterocycles. The van der Waals surface area contributed by atoms with E-state index in [4.69, 9.17) is 9.47 Å². The molecule has 3 aromatic carbocycles. The van der Waals surface area contributed by atoms with E-state index in [0.29, 0.717) is 34.2 Å². The van der Waals surface area contributed by atoms with Gasteiger partial charge in [0, 0.05) is 33.9 Å². The van der Waals surface area contributed by atoms with E-state index in [9.17, 15) is 14.7 Å². The van der Waals surface area contributed by atoms with E-state index in [-0.39, 0.29) is 11.3 Å². The van der Waals surface area contributed by atoms with Gasteiger partial charge in [0.15, 0.2) is 11.5 Å². The molecule has 2 heterocycles. The molecule has 2 N–H and O–H groups in total. The van der Waals surface area contributed by atoms with Gasteiger partial charge in [-0.25, -0.2) is 0 Å². The lowest BCUT2D eigenvalue weighted by Crippen LogP contribution is -2.29. The Hall–Kier alpha value is -4.52. The first kappa shape index (κ1) is 24.2. The maximum atomic E-state index is 13.5. The minimum Gasteiger partial charge on any atom is -0.507 e. The number of nitrogens with one attached hydrogen (secondary N) is 1. The summed E-state index contributed by atoms with van der Waals surface area (Å²) in [6.45, 7) is 4.19. The minimum absolute atomic E-state index is 0.00918. The smallest absolute Gasteiger partial charge is 0.300 e. The minimum atomic E-state index is -0.839. The SMILES string of the molecule is COc1ccc(/C(O)=C2\C(=O)C(=O)N(c3ccc(C(C)C)cc3)C2c2c[nH]c3ccccc23)cc1OC. The van der Waals surface area contributed by atoms with Gasteiger partial charge in [0.1, 0.15) is 5.76 Å². The largest absolute Gasteiger partial charge is 0.507 e. The Morgan fingerprint density at radius 3 is 2.32 bits per heavy atom. The van der Waals surface area contributed by atoms with Crippen LogP contribution in [0.5, 0.6) is 11.5 Å². The Bertz CT molecular complexity index is 1530. The number of amides is 1. The Kier molecular flexibility index (Phi) is 6.21. The summed E-state index contributed by atoms with van der Waals surface area (Å²) in [6, 6.07) is 19.3. The summed E-state index contributed by atoms with van der Waals surface area (Å²) in [5.41, 5.74) is 3.63. The fraction of sp³-hybridized carbons (Fsp3) is 0.200. The molecule has 0 radical (unpaired) electrons. The molecule has 1 unspecified atom stereocenters. The number of anilines is 1. The van der Waals surface area contributed by atoms with Gasteiger partial charge >= 0.3 is 0 Å². The number of hydrogen-bond acceptors (Lipinski definition) is 5. The molecule has 1 atom stereocenters. The van der Waals surface area contributed by atoms with Crippen molar-refractivity contribution in [3.8, 4) is 11.5 Å². The molecule has 188 valence electrons. The average Bonchev–Trinajstić information content (AvgIpc) is 3.46. The van der Waals surface area contributed by atoms with Gasteiger partial charge < -0.3 is 19.6 Å². The molecule has 5 rings (SSSR count). The molecular weight excluding hydrogens is 468 g/mol. The van der Waals surface area contributed by atoms with Crippen LogP contribution in [-0.4, -0.2) is 36.0 Å². The number of fused-ring (bicyclic) bond motifs is 1. The fourth-order valence-corrected chi connectivity index (χ4v) is 4.87. The lowest BCUT2D eigenvalue weighted by atomic mass is 9.94. The third kappa shape index (κ3) is 4.02. The summed E-state index contributed by atoms with van der Waals surface area (Å²) in [6.07, 6.45) is 1.79. The number of aromatic amines is 1. The second-order valence-corrected chi connectivity index (χ2v) is 9.27. The van der Waals surface area contributed by atoms with Crippen LogP contribution in [0.1, 0.15) is 42.5 Å². The van der Waals surface area contributed by atoms with Gasteiger partial charge in [-0.2, -0.15) is 0 Å². The first-order chi connectivity index (χ1) is 17.8. The zero-order chi connectivity index (χ0) is 26.3. The van der Waals surface area contributed by atoms with Crippen molar-refractivity contribution in [2.24, 2.45) is 0 Å². The first-order valence-corrected chi connectivity index (χ1v) is 12.0. The fourth-order valence-electron chi connectivity index (χ4n) is 4.87. The first-order valence-electron chi connectivity index (χ1n) is 12.0. The van der Waals surface area contributed by atoms with Crippen LogP contribution in [0.2, 0.25) is 0 Å². The number of benzene rings is 3. The highest BCUT2D eigenvalue weighted by Crippen LogP contribution is 2.45. The van der Waals surface area contributed by atoms with Crippen molar-refractivity contribution in [3.05, 3.63) is 95.2 Å². The van der Waals surface area contributed by atoms with E-state index < -0.39 is 17.7 Å². The van der Waals surface area contributed by atoms with Gasteiger partial charge in [0.25, 0.3) is 11.7 Å². The van der Waals surface area contributed by atoms with Crippen molar-refractivity contribution in [2.75, 3.05) is 19.1 Å². The van der Waals surface area contributed by atoms with Crippen LogP contribution >= 0.6 is 0 Å². The van der Waals surface area contributed by atoms with Crippen LogP contribution in [0.4, 0.5) is 5.69 Å². The number of rotatable bonds is 6. The van der Waals surface area contributed by atoms with Gasteiger partial charge in [-0.05, 0) is 47.9 Å². The molecule has 0 aliphatic carbocycles. The summed E-state index contributed by atoms with van der Waals surface area (Å²) in [7, 11) is 3.01. The molecule has 0 spiro atoms. The standard InChI is InChI=1S/C30H28N2O5/c1-17(2)18-9-12-20(13-10-18)32-27(22-16-31-23-8-6-5-7-21(22)23)26(29(34)30(32)35)28(33)19-11-14-24(36-3)25(15-19)37-4/h5-17,27,31,33H,1-4H3/b28-26+. The van der Waals surface area contributed by atoms with E-state index in [1.165, 1.54) is 19.1 Å². The second-order valence-electron chi connectivity index (χ2n) is 9.27. The number of H-pyrrole nitrogens is 1. The van der Waals surface area contributed by atoms with E-state index in [0.717, 1.165) is 16.5 Å².